The van der Waals surface area contributed by atoms with Crippen molar-refractivity contribution >= 4 is 0 Å². The Morgan fingerprint density at radius 1 is 1.17 bits per heavy atom. The zero-order chi connectivity index (χ0) is 21.3. The van der Waals surface area contributed by atoms with Crippen molar-refractivity contribution in [3.05, 3.63) is 84.3 Å². The molecule has 2 atom stereocenters. The first kappa shape index (κ1) is 19.8. The highest BCUT2D eigenvalue weighted by Crippen LogP contribution is 2.39. The van der Waals surface area contributed by atoms with Crippen LogP contribution in [0.3, 0.4) is 0 Å². The molecule has 0 saturated heterocycles. The van der Waals surface area contributed by atoms with Gasteiger partial charge in [0.25, 0.3) is 0 Å². The average molecular weight is 410 g/mol. The van der Waals surface area contributed by atoms with E-state index in [1.165, 1.54) is 23.4 Å². The Morgan fingerprint density at radius 2 is 2.00 bits per heavy atom. The minimum Gasteiger partial charge on any atom is -0.382 e. The lowest BCUT2D eigenvalue weighted by molar-refractivity contribution is -0.0123. The molecular formula is C21H20F2N6O. The number of hydrogen-bond acceptors (Lipinski definition) is 5. The van der Waals surface area contributed by atoms with E-state index in [0.717, 1.165) is 23.4 Å². The van der Waals surface area contributed by atoms with E-state index in [2.05, 4.69) is 20.2 Å². The van der Waals surface area contributed by atoms with E-state index < -0.39 is 23.2 Å². The number of aliphatic hydroxyl groups is 1. The molecule has 0 bridgehead atoms. The highest BCUT2D eigenvalue weighted by atomic mass is 19.1. The van der Waals surface area contributed by atoms with Crippen molar-refractivity contribution in [2.45, 2.75) is 25.0 Å². The zero-order valence-electron chi connectivity index (χ0n) is 16.4. The van der Waals surface area contributed by atoms with Crippen molar-refractivity contribution in [3.8, 4) is 11.3 Å². The molecular weight excluding hydrogens is 390 g/mol. The fourth-order valence-electron chi connectivity index (χ4n) is 3.48. The summed E-state index contributed by atoms with van der Waals surface area (Å²) in [7, 11) is 1.83. The van der Waals surface area contributed by atoms with Crippen LogP contribution in [0.2, 0.25) is 0 Å². The van der Waals surface area contributed by atoms with Gasteiger partial charge >= 0.3 is 0 Å². The third kappa shape index (κ3) is 3.71. The second-order valence-electron chi connectivity index (χ2n) is 7.21. The summed E-state index contributed by atoms with van der Waals surface area (Å²) >= 11 is 0. The van der Waals surface area contributed by atoms with Crippen LogP contribution in [0.25, 0.3) is 11.3 Å². The van der Waals surface area contributed by atoms with E-state index in [0.29, 0.717) is 5.69 Å². The number of benzene rings is 1. The Morgan fingerprint density at radius 3 is 2.60 bits per heavy atom. The van der Waals surface area contributed by atoms with Crippen LogP contribution in [0.4, 0.5) is 8.78 Å². The van der Waals surface area contributed by atoms with Crippen LogP contribution in [0, 0.1) is 11.6 Å². The smallest absolute Gasteiger partial charge is 0.137 e. The van der Waals surface area contributed by atoms with Gasteiger partial charge in [-0.2, -0.15) is 10.2 Å². The summed E-state index contributed by atoms with van der Waals surface area (Å²) in [6, 6.07) is 8.61. The highest BCUT2D eigenvalue weighted by molar-refractivity contribution is 5.57. The predicted octanol–water partition coefficient (Wildman–Crippen LogP) is 3.04. The summed E-state index contributed by atoms with van der Waals surface area (Å²) in [6.07, 6.45) is 6.24. The third-order valence-corrected chi connectivity index (χ3v) is 5.22. The number of rotatable bonds is 6. The first-order chi connectivity index (χ1) is 14.4. The van der Waals surface area contributed by atoms with Gasteiger partial charge in [0.2, 0.25) is 0 Å². The Bertz CT molecular complexity index is 1140. The molecule has 154 valence electrons. The fourth-order valence-corrected chi connectivity index (χ4v) is 3.48. The number of pyridine rings is 1. The lowest BCUT2D eigenvalue weighted by Crippen LogP contribution is -2.38. The molecule has 7 nitrogen and oxygen atoms in total. The monoisotopic (exact) mass is 410 g/mol. The van der Waals surface area contributed by atoms with Crippen LogP contribution in [-0.4, -0.2) is 34.6 Å². The van der Waals surface area contributed by atoms with Gasteiger partial charge in [-0.05, 0) is 24.3 Å². The molecule has 0 radical (unpaired) electrons. The van der Waals surface area contributed by atoms with Crippen molar-refractivity contribution in [1.82, 2.24) is 29.5 Å². The molecule has 0 aliphatic carbocycles. The van der Waals surface area contributed by atoms with Crippen molar-refractivity contribution < 1.29 is 13.9 Å². The summed E-state index contributed by atoms with van der Waals surface area (Å²) in [4.78, 5) is 8.36. The maximum absolute atomic E-state index is 14.7. The van der Waals surface area contributed by atoms with Crippen molar-refractivity contribution in [3.63, 3.8) is 0 Å². The number of nitrogens with zero attached hydrogens (tertiary/aromatic N) is 6. The summed E-state index contributed by atoms with van der Waals surface area (Å²) in [6.45, 7) is 1.66. The lowest BCUT2D eigenvalue weighted by atomic mass is 9.79. The number of aromatic nitrogens is 6. The van der Waals surface area contributed by atoms with E-state index >= 15 is 0 Å². The molecule has 1 aromatic carbocycles. The maximum Gasteiger partial charge on any atom is 0.137 e. The van der Waals surface area contributed by atoms with E-state index in [1.807, 2.05) is 25.4 Å². The lowest BCUT2D eigenvalue weighted by Gasteiger charge is -2.34. The number of halogens is 2. The van der Waals surface area contributed by atoms with E-state index in [9.17, 15) is 13.9 Å². The Kier molecular flexibility index (Phi) is 5.13. The molecule has 0 unspecified atom stereocenters. The highest BCUT2D eigenvalue weighted by Gasteiger charge is 2.40. The number of hydrogen-bond donors (Lipinski definition) is 1. The SMILES string of the molecule is C[C@@H](c1ccc(-c2ccn(C)n2)cn1)[C@](O)(Cn1cncn1)c1ccc(F)cc1F. The maximum atomic E-state index is 14.7. The molecule has 0 amide bonds. The third-order valence-electron chi connectivity index (χ3n) is 5.22. The van der Waals surface area contributed by atoms with E-state index in [4.69, 9.17) is 0 Å². The van der Waals surface area contributed by atoms with Gasteiger partial charge in [0.05, 0.1) is 12.2 Å². The molecule has 0 spiro atoms. The summed E-state index contributed by atoms with van der Waals surface area (Å²) in [5.41, 5.74) is 0.347. The molecule has 0 fully saturated rings. The molecule has 3 aromatic heterocycles. The minimum atomic E-state index is -1.75. The second kappa shape index (κ2) is 7.75. The molecule has 0 aliphatic heterocycles. The first-order valence-electron chi connectivity index (χ1n) is 9.33. The summed E-state index contributed by atoms with van der Waals surface area (Å²) in [5, 5.41) is 20.0. The molecule has 3 heterocycles. The van der Waals surface area contributed by atoms with Crippen molar-refractivity contribution in [1.29, 1.82) is 0 Å². The Hall–Kier alpha value is -3.46. The largest absolute Gasteiger partial charge is 0.382 e. The van der Waals surface area contributed by atoms with Crippen molar-refractivity contribution in [2.75, 3.05) is 0 Å². The van der Waals surface area contributed by atoms with E-state index in [-0.39, 0.29) is 12.1 Å². The van der Waals surface area contributed by atoms with Gasteiger partial charge in [-0.15, -0.1) is 0 Å². The van der Waals surface area contributed by atoms with Crippen LogP contribution in [0.15, 0.2) is 61.4 Å². The van der Waals surface area contributed by atoms with Gasteiger partial charge in [0.1, 0.15) is 29.9 Å². The van der Waals surface area contributed by atoms with Gasteiger partial charge in [0, 0.05) is 48.2 Å². The molecule has 1 N–H and O–H groups in total. The van der Waals surface area contributed by atoms with Gasteiger partial charge < -0.3 is 5.11 Å². The summed E-state index contributed by atoms with van der Waals surface area (Å²) < 4.78 is 31.2. The normalized spacial score (nSPS) is 14.4. The van der Waals surface area contributed by atoms with Gasteiger partial charge in [-0.25, -0.2) is 18.4 Å². The minimum absolute atomic E-state index is 0.0393. The van der Waals surface area contributed by atoms with Crippen LogP contribution in [0.1, 0.15) is 24.1 Å². The topological polar surface area (TPSA) is 81.6 Å². The van der Waals surface area contributed by atoms with Gasteiger partial charge in [-0.1, -0.05) is 13.0 Å². The van der Waals surface area contributed by atoms with E-state index in [1.54, 1.807) is 23.9 Å². The standard InChI is InChI=1S/C21H20F2N6O/c1-14(19-6-3-15(10-25-19)20-7-8-28(2)27-20)21(30,11-29-13-24-12-26-29)17-5-4-16(22)9-18(17)23/h3-10,12-14,30H,11H2,1-2H3/t14-,21+/m0/s1. The Labute approximate surface area is 171 Å². The van der Waals surface area contributed by atoms with Crippen LogP contribution >= 0.6 is 0 Å². The molecule has 9 heteroatoms. The Balaban J connectivity index is 1.72. The van der Waals surface area contributed by atoms with Gasteiger partial charge in [0.15, 0.2) is 0 Å². The second-order valence-corrected chi connectivity index (χ2v) is 7.21. The first-order valence-corrected chi connectivity index (χ1v) is 9.33. The summed E-state index contributed by atoms with van der Waals surface area (Å²) in [5.74, 6) is -2.20. The van der Waals surface area contributed by atoms with Crippen LogP contribution in [-0.2, 0) is 19.2 Å². The molecule has 0 saturated carbocycles. The molecule has 30 heavy (non-hydrogen) atoms. The van der Waals surface area contributed by atoms with Crippen LogP contribution in [0.5, 0.6) is 0 Å². The van der Waals surface area contributed by atoms with Crippen LogP contribution < -0.4 is 0 Å². The fraction of sp³-hybridized carbons (Fsp3) is 0.238. The molecule has 0 aliphatic rings. The quantitative estimate of drug-likeness (QED) is 0.528. The zero-order valence-corrected chi connectivity index (χ0v) is 16.4. The molecule has 4 rings (SSSR count). The number of aryl methyl sites for hydroxylation is 1. The average Bonchev–Trinajstić information content (AvgIpc) is 3.39. The van der Waals surface area contributed by atoms with Crippen molar-refractivity contribution in [2.24, 2.45) is 7.05 Å². The molecule has 4 aromatic rings. The van der Waals surface area contributed by atoms with Gasteiger partial charge in [-0.3, -0.25) is 9.67 Å². The predicted molar refractivity (Wildman–Crippen MR) is 105 cm³/mol.